The molecule has 0 spiro atoms. The maximum absolute atomic E-state index is 10.9. The summed E-state index contributed by atoms with van der Waals surface area (Å²) < 4.78 is 11.9. The smallest absolute Gasteiger partial charge is 0.305 e. The third kappa shape index (κ3) is 2.98. The summed E-state index contributed by atoms with van der Waals surface area (Å²) in [6.07, 6.45) is 1.04. The molecule has 0 radical (unpaired) electrons. The van der Waals surface area contributed by atoms with E-state index in [9.17, 15) is 4.79 Å². The minimum absolute atomic E-state index is 0.205. The molecule has 0 saturated carbocycles. The van der Waals surface area contributed by atoms with Crippen LogP contribution in [0.4, 0.5) is 0 Å². The highest BCUT2D eigenvalue weighted by atomic mass is 16.5. The summed E-state index contributed by atoms with van der Waals surface area (Å²) in [6.45, 7) is 4.36. The Hall–Kier alpha value is -1.52. The Labute approximate surface area is 95.3 Å². The van der Waals surface area contributed by atoms with Gasteiger partial charge in [-0.25, -0.2) is 0 Å². The van der Waals surface area contributed by atoms with Gasteiger partial charge in [0.1, 0.15) is 5.69 Å². The number of hydrogen-bond donors (Lipinski definition) is 0. The van der Waals surface area contributed by atoms with Crippen LogP contribution < -0.4 is 4.74 Å². The van der Waals surface area contributed by atoms with Crippen LogP contribution in [0.15, 0.2) is 0 Å². The predicted octanol–water partition coefficient (Wildman–Crippen LogP) is 1.37. The summed E-state index contributed by atoms with van der Waals surface area (Å²) in [5.74, 6) is 0.607. The van der Waals surface area contributed by atoms with Crippen LogP contribution in [0.3, 0.4) is 0 Å². The zero-order valence-electron chi connectivity index (χ0n) is 10.2. The van der Waals surface area contributed by atoms with E-state index in [4.69, 9.17) is 4.74 Å². The molecule has 0 unspecified atom stereocenters. The summed E-state index contributed by atoms with van der Waals surface area (Å²) in [7, 11) is 3.27. The number of nitrogens with zero attached hydrogens (tertiary/aromatic N) is 2. The summed E-state index contributed by atoms with van der Waals surface area (Å²) in [5, 5.41) is 4.24. The van der Waals surface area contributed by atoms with E-state index in [1.54, 1.807) is 4.68 Å². The van der Waals surface area contributed by atoms with Gasteiger partial charge in [-0.05, 0) is 20.3 Å². The van der Waals surface area contributed by atoms with E-state index in [0.717, 1.165) is 17.1 Å². The number of carbonyl (C=O) groups excluding carboxylic acids is 1. The van der Waals surface area contributed by atoms with Gasteiger partial charge in [-0.2, -0.15) is 5.10 Å². The molecular formula is C11H18N2O3. The number of methoxy groups -OCH3 is 1. The van der Waals surface area contributed by atoms with Crippen molar-refractivity contribution in [3.63, 3.8) is 0 Å². The molecule has 0 N–H and O–H groups in total. The molecule has 90 valence electrons. The summed E-state index contributed by atoms with van der Waals surface area (Å²) in [6, 6.07) is 0. The van der Waals surface area contributed by atoms with Gasteiger partial charge in [0.05, 0.1) is 19.4 Å². The van der Waals surface area contributed by atoms with Gasteiger partial charge in [0.15, 0.2) is 5.75 Å². The zero-order valence-corrected chi connectivity index (χ0v) is 10.2. The summed E-state index contributed by atoms with van der Waals surface area (Å²) in [4.78, 5) is 10.9. The fourth-order valence-corrected chi connectivity index (χ4v) is 1.46. The van der Waals surface area contributed by atoms with Crippen molar-refractivity contribution in [3.05, 3.63) is 11.4 Å². The molecule has 5 nitrogen and oxygen atoms in total. The summed E-state index contributed by atoms with van der Waals surface area (Å²) >= 11 is 0. The van der Waals surface area contributed by atoms with Gasteiger partial charge >= 0.3 is 5.97 Å². The van der Waals surface area contributed by atoms with Gasteiger partial charge in [0, 0.05) is 13.5 Å². The molecule has 0 fully saturated rings. The highest BCUT2D eigenvalue weighted by molar-refractivity contribution is 5.69. The van der Waals surface area contributed by atoms with Crippen LogP contribution in [0.25, 0.3) is 0 Å². The Balaban J connectivity index is 2.40. The highest BCUT2D eigenvalue weighted by Gasteiger charge is 2.10. The van der Waals surface area contributed by atoms with E-state index in [0.29, 0.717) is 19.4 Å². The first-order valence-corrected chi connectivity index (χ1v) is 5.26. The fraction of sp³-hybridized carbons (Fsp3) is 0.636. The van der Waals surface area contributed by atoms with Crippen molar-refractivity contribution in [2.24, 2.45) is 7.05 Å². The van der Waals surface area contributed by atoms with Crippen LogP contribution in [-0.4, -0.2) is 29.5 Å². The first kappa shape index (κ1) is 12.5. The molecule has 16 heavy (non-hydrogen) atoms. The van der Waals surface area contributed by atoms with E-state index in [2.05, 4.69) is 9.84 Å². The lowest BCUT2D eigenvalue weighted by Gasteiger charge is -2.05. The van der Waals surface area contributed by atoms with Crippen molar-refractivity contribution in [2.75, 3.05) is 13.7 Å². The van der Waals surface area contributed by atoms with E-state index < -0.39 is 0 Å². The largest absolute Gasteiger partial charge is 0.490 e. The van der Waals surface area contributed by atoms with Crippen molar-refractivity contribution in [2.45, 2.75) is 26.7 Å². The molecule has 0 bridgehead atoms. The molecule has 0 atom stereocenters. The first-order chi connectivity index (χ1) is 7.56. The molecular weight excluding hydrogens is 208 g/mol. The van der Waals surface area contributed by atoms with E-state index in [1.807, 2.05) is 20.9 Å². The van der Waals surface area contributed by atoms with E-state index >= 15 is 0 Å². The number of aromatic nitrogens is 2. The molecule has 0 aliphatic heterocycles. The molecule has 1 aromatic heterocycles. The lowest BCUT2D eigenvalue weighted by atomic mass is 10.3. The average molecular weight is 226 g/mol. The van der Waals surface area contributed by atoms with Gasteiger partial charge < -0.3 is 9.47 Å². The fourth-order valence-electron chi connectivity index (χ4n) is 1.46. The molecule has 1 aromatic rings. The average Bonchev–Trinajstić information content (AvgIpc) is 2.49. The molecule has 5 heteroatoms. The normalized spacial score (nSPS) is 10.2. The van der Waals surface area contributed by atoms with E-state index in [-0.39, 0.29) is 5.97 Å². The lowest BCUT2D eigenvalue weighted by molar-refractivity contribution is -0.140. The molecule has 0 aliphatic rings. The van der Waals surface area contributed by atoms with Crippen molar-refractivity contribution in [1.82, 2.24) is 9.78 Å². The Morgan fingerprint density at radius 1 is 1.44 bits per heavy atom. The molecule has 0 aliphatic carbocycles. The first-order valence-electron chi connectivity index (χ1n) is 5.26. The van der Waals surface area contributed by atoms with Crippen molar-refractivity contribution in [1.29, 1.82) is 0 Å². The van der Waals surface area contributed by atoms with Gasteiger partial charge in [-0.1, -0.05) is 0 Å². The second-order valence-corrected chi connectivity index (χ2v) is 3.65. The van der Waals surface area contributed by atoms with Gasteiger partial charge in [0.2, 0.25) is 0 Å². The predicted molar refractivity (Wildman–Crippen MR) is 59.4 cm³/mol. The van der Waals surface area contributed by atoms with Crippen LogP contribution in [0.2, 0.25) is 0 Å². The minimum Gasteiger partial charge on any atom is -0.490 e. The molecule has 0 aromatic carbocycles. The third-order valence-corrected chi connectivity index (χ3v) is 2.44. The second-order valence-electron chi connectivity index (χ2n) is 3.65. The topological polar surface area (TPSA) is 53.4 Å². The standard InChI is InChI=1S/C11H18N2O3/c1-8-11(9(2)13(3)12-8)16-7-5-6-10(14)15-4/h5-7H2,1-4H3. The molecule has 0 amide bonds. The van der Waals surface area contributed by atoms with E-state index in [1.165, 1.54) is 7.11 Å². The van der Waals surface area contributed by atoms with Crippen LogP contribution >= 0.6 is 0 Å². The number of hydrogen-bond acceptors (Lipinski definition) is 4. The Bertz CT molecular complexity index is 372. The number of aryl methyl sites for hydroxylation is 2. The van der Waals surface area contributed by atoms with Crippen LogP contribution in [0.1, 0.15) is 24.2 Å². The number of rotatable bonds is 5. The minimum atomic E-state index is -0.205. The van der Waals surface area contributed by atoms with Crippen molar-refractivity contribution < 1.29 is 14.3 Å². The van der Waals surface area contributed by atoms with Crippen molar-refractivity contribution in [3.8, 4) is 5.75 Å². The zero-order chi connectivity index (χ0) is 12.1. The second kappa shape index (κ2) is 5.53. The Morgan fingerprint density at radius 3 is 2.62 bits per heavy atom. The van der Waals surface area contributed by atoms with Crippen LogP contribution in [0, 0.1) is 13.8 Å². The maximum atomic E-state index is 10.9. The number of ether oxygens (including phenoxy) is 2. The SMILES string of the molecule is COC(=O)CCCOc1c(C)nn(C)c1C. The maximum Gasteiger partial charge on any atom is 0.305 e. The molecule has 1 rings (SSSR count). The summed E-state index contributed by atoms with van der Waals surface area (Å²) in [5.41, 5.74) is 1.87. The van der Waals surface area contributed by atoms with Crippen LogP contribution in [0.5, 0.6) is 5.75 Å². The monoisotopic (exact) mass is 226 g/mol. The van der Waals surface area contributed by atoms with Gasteiger partial charge in [-0.15, -0.1) is 0 Å². The van der Waals surface area contributed by atoms with Crippen LogP contribution in [-0.2, 0) is 16.6 Å². The van der Waals surface area contributed by atoms with Gasteiger partial charge in [-0.3, -0.25) is 9.48 Å². The third-order valence-electron chi connectivity index (χ3n) is 2.44. The Kier molecular flexibility index (Phi) is 4.34. The number of esters is 1. The number of carbonyl (C=O) groups is 1. The van der Waals surface area contributed by atoms with Gasteiger partial charge in [0.25, 0.3) is 0 Å². The molecule has 0 saturated heterocycles. The lowest BCUT2D eigenvalue weighted by Crippen LogP contribution is -2.05. The molecule has 1 heterocycles. The van der Waals surface area contributed by atoms with Crippen molar-refractivity contribution >= 4 is 5.97 Å². The highest BCUT2D eigenvalue weighted by Crippen LogP contribution is 2.21. The quantitative estimate of drug-likeness (QED) is 0.562. The Morgan fingerprint density at radius 2 is 2.12 bits per heavy atom.